The third kappa shape index (κ3) is 10.6. The summed E-state index contributed by atoms with van der Waals surface area (Å²) in [6.45, 7) is 13.0. The van der Waals surface area contributed by atoms with E-state index in [9.17, 15) is 5.11 Å². The highest BCUT2D eigenvalue weighted by Gasteiger charge is 2.18. The van der Waals surface area contributed by atoms with E-state index in [2.05, 4.69) is 33.0 Å². The molecule has 0 fully saturated rings. The molecule has 0 aliphatic heterocycles. The summed E-state index contributed by atoms with van der Waals surface area (Å²) in [6.07, 6.45) is 8.01. The average Bonchev–Trinajstić information content (AvgIpc) is 2.48. The topological polar surface area (TPSA) is 58.3 Å². The number of hydrogen-bond donors (Lipinski definition) is 3. The lowest BCUT2D eigenvalue weighted by Crippen LogP contribution is -2.43. The summed E-state index contributed by atoms with van der Waals surface area (Å²) in [7, 11) is 0. The quantitative estimate of drug-likeness (QED) is 0.455. The van der Waals surface area contributed by atoms with E-state index in [0.29, 0.717) is 12.5 Å². The van der Waals surface area contributed by atoms with Crippen LogP contribution in [0.5, 0.6) is 0 Å². The van der Waals surface area contributed by atoms with E-state index in [0.717, 1.165) is 31.2 Å². The van der Waals surface area contributed by atoms with Gasteiger partial charge in [0, 0.05) is 6.04 Å². The second kappa shape index (κ2) is 13.3. The fourth-order valence-corrected chi connectivity index (χ4v) is 3.47. The summed E-state index contributed by atoms with van der Waals surface area (Å²) >= 11 is 0. The van der Waals surface area contributed by atoms with E-state index in [1.54, 1.807) is 0 Å². The molecule has 0 radical (unpaired) electrons. The normalized spacial score (nSPS) is 18.7. The fraction of sp³-hybridized carbons (Fsp3) is 1.00. The molecule has 0 aromatic rings. The molecular weight excluding hydrogens is 272 g/mol. The van der Waals surface area contributed by atoms with Gasteiger partial charge in [0.1, 0.15) is 0 Å². The van der Waals surface area contributed by atoms with Crippen molar-refractivity contribution >= 4 is 0 Å². The molecule has 0 spiro atoms. The molecule has 134 valence electrons. The zero-order chi connectivity index (χ0) is 17.0. The third-order valence-corrected chi connectivity index (χ3v) is 4.75. The first kappa shape index (κ1) is 21.9. The molecule has 0 aliphatic rings. The first-order valence-corrected chi connectivity index (χ1v) is 9.55. The minimum Gasteiger partial charge on any atom is -0.392 e. The number of aliphatic hydroxyl groups excluding tert-OH is 1. The second-order valence-corrected chi connectivity index (χ2v) is 7.50. The van der Waals surface area contributed by atoms with Gasteiger partial charge in [-0.25, -0.2) is 0 Å². The molecule has 3 nitrogen and oxygen atoms in total. The van der Waals surface area contributed by atoms with Crippen LogP contribution in [0.2, 0.25) is 0 Å². The van der Waals surface area contributed by atoms with Crippen molar-refractivity contribution in [3.05, 3.63) is 0 Å². The molecular formula is C19H42N2O. The third-order valence-electron chi connectivity index (χ3n) is 4.75. The second-order valence-electron chi connectivity index (χ2n) is 7.50. The molecule has 0 aromatic carbocycles. The van der Waals surface area contributed by atoms with Gasteiger partial charge in [-0.1, -0.05) is 53.9 Å². The fourth-order valence-electron chi connectivity index (χ4n) is 3.47. The molecule has 0 saturated carbocycles. The van der Waals surface area contributed by atoms with Crippen LogP contribution in [0.3, 0.4) is 0 Å². The van der Waals surface area contributed by atoms with Crippen LogP contribution < -0.4 is 11.1 Å². The van der Waals surface area contributed by atoms with Crippen LogP contribution in [0.15, 0.2) is 0 Å². The molecule has 0 heterocycles. The van der Waals surface area contributed by atoms with Gasteiger partial charge >= 0.3 is 0 Å². The molecule has 4 N–H and O–H groups in total. The maximum absolute atomic E-state index is 10.0. The van der Waals surface area contributed by atoms with E-state index in [4.69, 9.17) is 5.73 Å². The lowest BCUT2D eigenvalue weighted by atomic mass is 9.87. The predicted molar refractivity (Wildman–Crippen MR) is 98.0 cm³/mol. The maximum atomic E-state index is 10.0. The average molecular weight is 315 g/mol. The van der Waals surface area contributed by atoms with Crippen molar-refractivity contribution in [1.29, 1.82) is 0 Å². The van der Waals surface area contributed by atoms with Crippen molar-refractivity contribution in [2.45, 2.75) is 91.7 Å². The Morgan fingerprint density at radius 2 is 1.59 bits per heavy atom. The Morgan fingerprint density at radius 3 is 2.14 bits per heavy atom. The lowest BCUT2D eigenvalue weighted by Gasteiger charge is -2.26. The highest BCUT2D eigenvalue weighted by molar-refractivity contribution is 4.76. The zero-order valence-electron chi connectivity index (χ0n) is 15.8. The number of nitrogens with two attached hydrogens (primary N) is 1. The van der Waals surface area contributed by atoms with E-state index in [1.165, 1.54) is 32.1 Å². The summed E-state index contributed by atoms with van der Waals surface area (Å²) in [5.74, 6) is 2.28. The standard InChI is InChI=1S/C19H42N2O/c1-6-8-9-15(3)12-16(4)13-17(5)14-21-18(10-11-20)19(22)7-2/h15-19,21-22H,6-14,20H2,1-5H3. The van der Waals surface area contributed by atoms with E-state index >= 15 is 0 Å². The minimum absolute atomic E-state index is 0.149. The van der Waals surface area contributed by atoms with Crippen LogP contribution in [0, 0.1) is 17.8 Å². The van der Waals surface area contributed by atoms with Crippen molar-refractivity contribution < 1.29 is 5.11 Å². The maximum Gasteiger partial charge on any atom is 0.0691 e. The van der Waals surface area contributed by atoms with Gasteiger partial charge in [0.25, 0.3) is 0 Å². The Bertz CT molecular complexity index is 248. The number of hydrogen-bond acceptors (Lipinski definition) is 3. The Labute approximate surface area is 139 Å². The minimum atomic E-state index is -0.276. The summed E-state index contributed by atoms with van der Waals surface area (Å²) in [5, 5.41) is 13.6. The van der Waals surface area contributed by atoms with Crippen molar-refractivity contribution in [3.63, 3.8) is 0 Å². The summed E-state index contributed by atoms with van der Waals surface area (Å²) in [4.78, 5) is 0. The van der Waals surface area contributed by atoms with E-state index in [1.807, 2.05) is 6.92 Å². The molecule has 0 saturated heterocycles. The largest absolute Gasteiger partial charge is 0.392 e. The number of aliphatic hydroxyl groups is 1. The Balaban J connectivity index is 4.01. The highest BCUT2D eigenvalue weighted by atomic mass is 16.3. The Kier molecular flexibility index (Phi) is 13.3. The molecule has 3 heteroatoms. The van der Waals surface area contributed by atoms with Gasteiger partial charge in [-0.05, 0) is 56.5 Å². The van der Waals surface area contributed by atoms with Gasteiger partial charge in [-0.15, -0.1) is 0 Å². The van der Waals surface area contributed by atoms with Crippen LogP contribution >= 0.6 is 0 Å². The molecule has 5 unspecified atom stereocenters. The molecule has 5 atom stereocenters. The van der Waals surface area contributed by atoms with Gasteiger partial charge in [-0.3, -0.25) is 0 Å². The van der Waals surface area contributed by atoms with E-state index < -0.39 is 0 Å². The van der Waals surface area contributed by atoms with Crippen molar-refractivity contribution in [2.75, 3.05) is 13.1 Å². The van der Waals surface area contributed by atoms with Crippen LogP contribution in [0.4, 0.5) is 0 Å². The summed E-state index contributed by atoms with van der Waals surface area (Å²) < 4.78 is 0. The zero-order valence-corrected chi connectivity index (χ0v) is 15.8. The summed E-state index contributed by atoms with van der Waals surface area (Å²) in [6, 6.07) is 0.149. The molecule has 0 aromatic heterocycles. The van der Waals surface area contributed by atoms with Gasteiger partial charge in [0.05, 0.1) is 6.10 Å². The number of rotatable bonds is 14. The van der Waals surface area contributed by atoms with Crippen molar-refractivity contribution in [1.82, 2.24) is 5.32 Å². The number of nitrogens with one attached hydrogen (secondary N) is 1. The van der Waals surface area contributed by atoms with Gasteiger partial charge in [0.2, 0.25) is 0 Å². The van der Waals surface area contributed by atoms with Gasteiger partial charge in [0.15, 0.2) is 0 Å². The monoisotopic (exact) mass is 314 g/mol. The first-order valence-electron chi connectivity index (χ1n) is 9.55. The molecule has 22 heavy (non-hydrogen) atoms. The van der Waals surface area contributed by atoms with Crippen molar-refractivity contribution in [3.8, 4) is 0 Å². The van der Waals surface area contributed by atoms with Crippen LogP contribution in [-0.2, 0) is 0 Å². The first-order chi connectivity index (χ1) is 10.4. The number of unbranched alkanes of at least 4 members (excludes halogenated alkanes) is 1. The Morgan fingerprint density at radius 1 is 0.955 bits per heavy atom. The molecule has 0 amide bonds. The molecule has 0 rings (SSSR count). The SMILES string of the molecule is CCCCC(C)CC(C)CC(C)CNC(CCN)C(O)CC. The predicted octanol–water partition coefficient (Wildman–Crippen LogP) is 3.94. The van der Waals surface area contributed by atoms with Crippen LogP contribution in [-0.4, -0.2) is 30.3 Å². The molecule has 0 aliphatic carbocycles. The highest BCUT2D eigenvalue weighted by Crippen LogP contribution is 2.23. The van der Waals surface area contributed by atoms with Crippen molar-refractivity contribution in [2.24, 2.45) is 23.5 Å². The smallest absolute Gasteiger partial charge is 0.0691 e. The van der Waals surface area contributed by atoms with Crippen LogP contribution in [0.25, 0.3) is 0 Å². The summed E-state index contributed by atoms with van der Waals surface area (Å²) in [5.41, 5.74) is 5.65. The van der Waals surface area contributed by atoms with Gasteiger partial charge in [-0.2, -0.15) is 0 Å². The molecule has 0 bridgehead atoms. The van der Waals surface area contributed by atoms with E-state index in [-0.39, 0.29) is 12.1 Å². The van der Waals surface area contributed by atoms with Crippen LogP contribution in [0.1, 0.15) is 79.6 Å². The Hall–Kier alpha value is -0.120. The lowest BCUT2D eigenvalue weighted by molar-refractivity contribution is 0.116. The van der Waals surface area contributed by atoms with Gasteiger partial charge < -0.3 is 16.2 Å².